The molecule has 114 valence electrons. The summed E-state index contributed by atoms with van der Waals surface area (Å²) >= 11 is 3.35. The predicted molar refractivity (Wildman–Crippen MR) is 87.8 cm³/mol. The highest BCUT2D eigenvalue weighted by molar-refractivity contribution is 8.02. The van der Waals surface area contributed by atoms with E-state index >= 15 is 0 Å². The summed E-state index contributed by atoms with van der Waals surface area (Å²) in [6, 6.07) is 0. The number of rotatable bonds is 4. The first-order valence-electron chi connectivity index (χ1n) is 8.17. The van der Waals surface area contributed by atoms with Gasteiger partial charge < -0.3 is 0 Å². The highest BCUT2D eigenvalue weighted by atomic mass is 32.2. The van der Waals surface area contributed by atoms with Crippen molar-refractivity contribution in [3.63, 3.8) is 0 Å². The lowest BCUT2D eigenvalue weighted by Gasteiger charge is -2.56. The number of nitrogens with zero attached hydrogens (tertiary/aromatic N) is 1. The molecule has 1 atom stereocenters. The van der Waals surface area contributed by atoms with Gasteiger partial charge in [0.15, 0.2) is 10.1 Å². The molecular weight excluding hydrogens is 298 g/mol. The molecule has 4 aliphatic carbocycles. The van der Waals surface area contributed by atoms with Crippen molar-refractivity contribution in [2.24, 2.45) is 23.2 Å². The van der Waals surface area contributed by atoms with Gasteiger partial charge in [-0.2, -0.15) is 0 Å². The van der Waals surface area contributed by atoms with Crippen LogP contribution in [0.3, 0.4) is 0 Å². The SMILES string of the molecule is Cc1csc(SC(C)C(=O)C23CC4CC(CC(C4)C2)C3)n1. The molecule has 0 aliphatic heterocycles. The zero-order valence-corrected chi connectivity index (χ0v) is 14.4. The van der Waals surface area contributed by atoms with Crippen LogP contribution in [0.2, 0.25) is 0 Å². The molecule has 0 radical (unpaired) electrons. The molecule has 4 heteroatoms. The predicted octanol–water partition coefficient (Wildman–Crippen LogP) is 4.72. The van der Waals surface area contributed by atoms with Crippen LogP contribution in [0.1, 0.15) is 51.1 Å². The van der Waals surface area contributed by atoms with Crippen LogP contribution >= 0.6 is 23.1 Å². The highest BCUT2D eigenvalue weighted by Crippen LogP contribution is 2.61. The lowest BCUT2D eigenvalue weighted by molar-refractivity contribution is -0.142. The van der Waals surface area contributed by atoms with E-state index in [-0.39, 0.29) is 10.7 Å². The third kappa shape index (κ3) is 2.48. The highest BCUT2D eigenvalue weighted by Gasteiger charge is 2.55. The number of thiazole rings is 1. The van der Waals surface area contributed by atoms with Gasteiger partial charge in [-0.1, -0.05) is 11.8 Å². The second kappa shape index (κ2) is 5.09. The van der Waals surface area contributed by atoms with Gasteiger partial charge in [0, 0.05) is 16.5 Å². The second-order valence-corrected chi connectivity index (χ2v) is 10.0. The number of aromatic nitrogens is 1. The molecule has 1 aromatic rings. The summed E-state index contributed by atoms with van der Waals surface area (Å²) in [5, 5.41) is 2.14. The molecular formula is C17H23NOS2. The minimum absolute atomic E-state index is 0.0352. The van der Waals surface area contributed by atoms with Crippen molar-refractivity contribution >= 4 is 28.9 Å². The summed E-state index contributed by atoms with van der Waals surface area (Å²) in [4.78, 5) is 17.7. The minimum Gasteiger partial charge on any atom is -0.298 e. The molecule has 5 rings (SSSR count). The maximum atomic E-state index is 13.2. The normalized spacial score (nSPS) is 38.7. The fourth-order valence-electron chi connectivity index (χ4n) is 5.43. The Morgan fingerprint density at radius 2 is 1.86 bits per heavy atom. The Bertz CT molecular complexity index is 530. The van der Waals surface area contributed by atoms with Crippen molar-refractivity contribution in [2.45, 2.75) is 62.0 Å². The Morgan fingerprint density at radius 3 is 2.33 bits per heavy atom. The number of hydrogen-bond acceptors (Lipinski definition) is 4. The Labute approximate surface area is 135 Å². The van der Waals surface area contributed by atoms with E-state index in [4.69, 9.17) is 0 Å². The van der Waals surface area contributed by atoms with E-state index in [1.165, 1.54) is 38.5 Å². The van der Waals surface area contributed by atoms with Crippen LogP contribution in [0, 0.1) is 30.1 Å². The van der Waals surface area contributed by atoms with E-state index in [2.05, 4.69) is 17.3 Å². The molecule has 1 unspecified atom stereocenters. The van der Waals surface area contributed by atoms with Gasteiger partial charge in [0.1, 0.15) is 0 Å². The van der Waals surface area contributed by atoms with Gasteiger partial charge in [-0.15, -0.1) is 11.3 Å². The molecule has 0 N–H and O–H groups in total. The zero-order valence-electron chi connectivity index (χ0n) is 12.8. The topological polar surface area (TPSA) is 30.0 Å². The summed E-state index contributed by atoms with van der Waals surface area (Å²) < 4.78 is 1.05. The maximum absolute atomic E-state index is 13.2. The van der Waals surface area contributed by atoms with Crippen molar-refractivity contribution in [3.05, 3.63) is 11.1 Å². The molecule has 0 spiro atoms. The van der Waals surface area contributed by atoms with Gasteiger partial charge >= 0.3 is 0 Å². The number of aryl methyl sites for hydroxylation is 1. The number of carbonyl (C=O) groups is 1. The van der Waals surface area contributed by atoms with E-state index in [0.717, 1.165) is 27.8 Å². The fourth-order valence-corrected chi connectivity index (χ4v) is 7.61. The summed E-state index contributed by atoms with van der Waals surface area (Å²) in [5.74, 6) is 3.07. The molecule has 1 aromatic heterocycles. The van der Waals surface area contributed by atoms with E-state index < -0.39 is 0 Å². The molecule has 1 heterocycles. The molecule has 0 amide bonds. The molecule has 0 aromatic carbocycles. The lowest BCUT2D eigenvalue weighted by Crippen LogP contribution is -2.51. The van der Waals surface area contributed by atoms with Crippen LogP contribution in [0.15, 0.2) is 9.72 Å². The quantitative estimate of drug-likeness (QED) is 0.752. The standard InChI is InChI=1S/C17H23NOS2/c1-10-9-20-16(18-10)21-11(2)15(19)17-6-12-3-13(7-17)5-14(4-12)8-17/h9,11-14H,3-8H2,1-2H3. The van der Waals surface area contributed by atoms with Crippen molar-refractivity contribution in [3.8, 4) is 0 Å². The number of thioether (sulfide) groups is 1. The fraction of sp³-hybridized carbons (Fsp3) is 0.765. The van der Waals surface area contributed by atoms with Crippen LogP contribution in [0.5, 0.6) is 0 Å². The summed E-state index contributed by atoms with van der Waals surface area (Å²) in [7, 11) is 0. The molecule has 2 nitrogen and oxygen atoms in total. The average molecular weight is 322 g/mol. The van der Waals surface area contributed by atoms with Gasteiger partial charge in [0.25, 0.3) is 0 Å². The minimum atomic E-state index is 0.0352. The molecule has 4 aliphatic rings. The summed E-state index contributed by atoms with van der Waals surface area (Å²) in [5.41, 5.74) is 1.10. The first-order chi connectivity index (χ1) is 10.0. The smallest absolute Gasteiger partial charge is 0.152 e. The van der Waals surface area contributed by atoms with Crippen molar-refractivity contribution in [1.29, 1.82) is 0 Å². The Balaban J connectivity index is 1.51. The van der Waals surface area contributed by atoms with Crippen LogP contribution in [-0.4, -0.2) is 16.0 Å². The Morgan fingerprint density at radius 1 is 1.29 bits per heavy atom. The monoisotopic (exact) mass is 321 g/mol. The molecule has 4 saturated carbocycles. The van der Waals surface area contributed by atoms with Crippen LogP contribution in [0.4, 0.5) is 0 Å². The van der Waals surface area contributed by atoms with Gasteiger partial charge in [-0.25, -0.2) is 4.98 Å². The Kier molecular flexibility index (Phi) is 3.45. The van der Waals surface area contributed by atoms with Crippen molar-refractivity contribution < 1.29 is 4.79 Å². The molecule has 4 fully saturated rings. The summed E-state index contributed by atoms with van der Waals surface area (Å²) in [6.45, 7) is 4.12. The van der Waals surface area contributed by atoms with Crippen LogP contribution < -0.4 is 0 Å². The third-order valence-electron chi connectivity index (χ3n) is 5.81. The molecule has 0 saturated heterocycles. The largest absolute Gasteiger partial charge is 0.298 e. The zero-order chi connectivity index (χ0) is 14.6. The van der Waals surface area contributed by atoms with Crippen molar-refractivity contribution in [2.75, 3.05) is 0 Å². The number of carbonyl (C=O) groups excluding carboxylic acids is 1. The Hall–Kier alpha value is -0.350. The van der Waals surface area contributed by atoms with Crippen molar-refractivity contribution in [1.82, 2.24) is 4.98 Å². The first-order valence-corrected chi connectivity index (χ1v) is 9.93. The maximum Gasteiger partial charge on any atom is 0.152 e. The van der Waals surface area contributed by atoms with E-state index in [1.807, 2.05) is 6.92 Å². The van der Waals surface area contributed by atoms with E-state index in [0.29, 0.717) is 5.78 Å². The second-order valence-electron chi connectivity index (χ2n) is 7.58. The first kappa shape index (κ1) is 14.3. The van der Waals surface area contributed by atoms with Crippen LogP contribution in [0.25, 0.3) is 0 Å². The van der Waals surface area contributed by atoms with Gasteiger partial charge in [0.05, 0.1) is 5.25 Å². The number of Topliss-reactive ketones (excluding diaryl/α,β-unsaturated/α-hetero) is 1. The van der Waals surface area contributed by atoms with E-state index in [1.54, 1.807) is 23.1 Å². The average Bonchev–Trinajstić information content (AvgIpc) is 2.81. The summed E-state index contributed by atoms with van der Waals surface area (Å²) in [6.07, 6.45) is 7.75. The van der Waals surface area contributed by atoms with Gasteiger partial charge in [-0.05, 0) is 70.1 Å². The van der Waals surface area contributed by atoms with Gasteiger partial charge in [0.2, 0.25) is 0 Å². The third-order valence-corrected chi connectivity index (χ3v) is 8.00. The van der Waals surface area contributed by atoms with Crippen LogP contribution in [-0.2, 0) is 4.79 Å². The number of hydrogen-bond donors (Lipinski definition) is 0. The molecule has 4 bridgehead atoms. The molecule has 21 heavy (non-hydrogen) atoms. The van der Waals surface area contributed by atoms with E-state index in [9.17, 15) is 4.79 Å². The lowest BCUT2D eigenvalue weighted by atomic mass is 9.48. The van der Waals surface area contributed by atoms with Gasteiger partial charge in [-0.3, -0.25) is 4.79 Å². The number of ketones is 1.